The van der Waals surface area contributed by atoms with Crippen LogP contribution in [0.15, 0.2) is 29.2 Å². The molecule has 1 unspecified atom stereocenters. The smallest absolute Gasteiger partial charge is 0.282 e. The van der Waals surface area contributed by atoms with Crippen LogP contribution in [0.25, 0.3) is 0 Å². The number of carbonyl (C=O) groups is 1. The average molecular weight is 448 g/mol. The number of amides is 1. The number of hydrogen-bond acceptors (Lipinski definition) is 6. The average Bonchev–Trinajstić information content (AvgIpc) is 2.67. The third kappa shape index (κ3) is 5.74. The SMILES string of the molecule is CCN(CC)S(=O)(=O)N1CCN(C(C)C(=O)Nc2cccc(S(N)(=O)=O)c2)CC1. The maximum absolute atomic E-state index is 12.6. The van der Waals surface area contributed by atoms with E-state index in [-0.39, 0.29) is 10.8 Å². The van der Waals surface area contributed by atoms with Crippen LogP contribution in [0, 0.1) is 0 Å². The molecule has 1 saturated heterocycles. The molecule has 10 nitrogen and oxygen atoms in total. The first-order valence-corrected chi connectivity index (χ1v) is 12.4. The molecule has 1 aromatic carbocycles. The summed E-state index contributed by atoms with van der Waals surface area (Å²) in [6.45, 7) is 7.61. The number of rotatable bonds is 8. The molecule has 0 saturated carbocycles. The fourth-order valence-corrected chi connectivity index (χ4v) is 5.36. The summed E-state index contributed by atoms with van der Waals surface area (Å²) in [7, 11) is -7.35. The second-order valence-corrected chi connectivity index (χ2v) is 10.3. The maximum Gasteiger partial charge on any atom is 0.282 e. The lowest BCUT2D eigenvalue weighted by atomic mass is 10.2. The summed E-state index contributed by atoms with van der Waals surface area (Å²) in [5.74, 6) is -0.309. The molecular formula is C17H29N5O5S2. The lowest BCUT2D eigenvalue weighted by Gasteiger charge is -2.38. The monoisotopic (exact) mass is 447 g/mol. The van der Waals surface area contributed by atoms with Gasteiger partial charge in [-0.05, 0) is 25.1 Å². The van der Waals surface area contributed by atoms with Crippen molar-refractivity contribution >= 4 is 31.8 Å². The Labute approximate surface area is 172 Å². The van der Waals surface area contributed by atoms with Crippen LogP contribution >= 0.6 is 0 Å². The van der Waals surface area contributed by atoms with Crippen molar-refractivity contribution in [2.75, 3.05) is 44.6 Å². The zero-order valence-corrected chi connectivity index (χ0v) is 18.5. The van der Waals surface area contributed by atoms with Crippen LogP contribution in [-0.2, 0) is 25.0 Å². The Morgan fingerprint density at radius 2 is 1.72 bits per heavy atom. The van der Waals surface area contributed by atoms with E-state index < -0.39 is 26.3 Å². The first-order chi connectivity index (χ1) is 13.5. The van der Waals surface area contributed by atoms with Crippen LogP contribution in [0.3, 0.4) is 0 Å². The van der Waals surface area contributed by atoms with Gasteiger partial charge in [-0.2, -0.15) is 17.0 Å². The molecule has 1 aliphatic rings. The second kappa shape index (κ2) is 9.49. The summed E-state index contributed by atoms with van der Waals surface area (Å²) >= 11 is 0. The van der Waals surface area contributed by atoms with E-state index in [1.54, 1.807) is 26.8 Å². The van der Waals surface area contributed by atoms with Gasteiger partial charge in [0.25, 0.3) is 10.2 Å². The molecule has 1 atom stereocenters. The van der Waals surface area contributed by atoms with E-state index in [0.29, 0.717) is 45.0 Å². The number of anilines is 1. The third-order valence-corrected chi connectivity index (χ3v) is 8.09. The largest absolute Gasteiger partial charge is 0.325 e. The number of benzene rings is 1. The topological polar surface area (TPSA) is 133 Å². The molecule has 0 spiro atoms. The first kappa shape index (κ1) is 23.7. The molecule has 164 valence electrons. The number of primary sulfonamides is 1. The highest BCUT2D eigenvalue weighted by atomic mass is 32.2. The highest BCUT2D eigenvalue weighted by Crippen LogP contribution is 2.17. The number of hydrogen-bond donors (Lipinski definition) is 2. The maximum atomic E-state index is 12.6. The molecular weight excluding hydrogens is 418 g/mol. The summed E-state index contributed by atoms with van der Waals surface area (Å²) in [6, 6.07) is 5.22. The Bertz CT molecular complexity index is 923. The Morgan fingerprint density at radius 1 is 1.14 bits per heavy atom. The molecule has 0 aromatic heterocycles. The number of piperazine rings is 1. The lowest BCUT2D eigenvalue weighted by Crippen LogP contribution is -2.56. The Balaban J connectivity index is 1.99. The zero-order valence-electron chi connectivity index (χ0n) is 16.9. The van der Waals surface area contributed by atoms with E-state index in [4.69, 9.17) is 5.14 Å². The van der Waals surface area contributed by atoms with Crippen LogP contribution < -0.4 is 10.5 Å². The van der Waals surface area contributed by atoms with Crippen LogP contribution in [-0.4, -0.2) is 81.6 Å². The van der Waals surface area contributed by atoms with Crippen molar-refractivity contribution in [2.24, 2.45) is 5.14 Å². The van der Waals surface area contributed by atoms with Gasteiger partial charge in [-0.3, -0.25) is 9.69 Å². The van der Waals surface area contributed by atoms with Crippen LogP contribution in [0.4, 0.5) is 5.69 Å². The van der Waals surface area contributed by atoms with Crippen molar-refractivity contribution in [3.05, 3.63) is 24.3 Å². The molecule has 3 N–H and O–H groups in total. The van der Waals surface area contributed by atoms with Crippen LogP contribution in [0.5, 0.6) is 0 Å². The quantitative estimate of drug-likeness (QED) is 0.570. The number of nitrogens with two attached hydrogens (primary N) is 1. The predicted molar refractivity (Wildman–Crippen MR) is 111 cm³/mol. The summed E-state index contributed by atoms with van der Waals surface area (Å²) in [4.78, 5) is 14.4. The highest BCUT2D eigenvalue weighted by Gasteiger charge is 2.33. The van der Waals surface area contributed by atoms with Gasteiger partial charge < -0.3 is 5.32 Å². The highest BCUT2D eigenvalue weighted by molar-refractivity contribution is 7.89. The van der Waals surface area contributed by atoms with Gasteiger partial charge in [0, 0.05) is 45.0 Å². The van der Waals surface area contributed by atoms with Gasteiger partial charge in [0.2, 0.25) is 15.9 Å². The van der Waals surface area contributed by atoms with Gasteiger partial charge in [-0.1, -0.05) is 19.9 Å². The van der Waals surface area contributed by atoms with Crippen molar-refractivity contribution in [1.82, 2.24) is 13.5 Å². The number of nitrogens with one attached hydrogen (secondary N) is 1. The molecule has 1 aromatic rings. The molecule has 0 bridgehead atoms. The van der Waals surface area contributed by atoms with E-state index in [2.05, 4.69) is 5.32 Å². The Morgan fingerprint density at radius 3 is 2.24 bits per heavy atom. The summed E-state index contributed by atoms with van der Waals surface area (Å²) in [5.41, 5.74) is 0.330. The summed E-state index contributed by atoms with van der Waals surface area (Å²) < 4.78 is 51.0. The Kier molecular flexibility index (Phi) is 7.76. The van der Waals surface area contributed by atoms with Crippen molar-refractivity contribution in [2.45, 2.75) is 31.7 Å². The van der Waals surface area contributed by atoms with E-state index in [9.17, 15) is 21.6 Å². The lowest BCUT2D eigenvalue weighted by molar-refractivity contribution is -0.121. The van der Waals surface area contributed by atoms with Gasteiger partial charge >= 0.3 is 0 Å². The fraction of sp³-hybridized carbons (Fsp3) is 0.588. The fourth-order valence-electron chi connectivity index (χ4n) is 3.20. The predicted octanol–water partition coefficient (Wildman–Crippen LogP) is -0.135. The van der Waals surface area contributed by atoms with Gasteiger partial charge in [0.05, 0.1) is 10.9 Å². The summed E-state index contributed by atoms with van der Waals surface area (Å²) in [6.07, 6.45) is 0. The molecule has 12 heteroatoms. The molecule has 0 radical (unpaired) electrons. The standard InChI is InChI=1S/C17H29N5O5S2/c1-4-21(5-2)29(26,27)22-11-9-20(10-12-22)14(3)17(23)19-15-7-6-8-16(13-15)28(18,24)25/h6-8,13-14H,4-5,9-12H2,1-3H3,(H,19,23)(H2,18,24,25). The van der Waals surface area contributed by atoms with Crippen molar-refractivity contribution in [3.63, 3.8) is 0 Å². The van der Waals surface area contributed by atoms with E-state index in [1.165, 1.54) is 26.8 Å². The molecule has 2 rings (SSSR count). The number of sulfonamides is 1. The van der Waals surface area contributed by atoms with E-state index >= 15 is 0 Å². The van der Waals surface area contributed by atoms with Gasteiger partial charge in [0.15, 0.2) is 0 Å². The zero-order chi connectivity index (χ0) is 21.8. The number of nitrogens with zero attached hydrogens (tertiary/aromatic N) is 3. The first-order valence-electron chi connectivity index (χ1n) is 9.43. The Hall–Kier alpha value is -1.57. The molecule has 29 heavy (non-hydrogen) atoms. The normalized spacial score (nSPS) is 18.0. The number of carbonyl (C=O) groups excluding carboxylic acids is 1. The van der Waals surface area contributed by atoms with Gasteiger partial charge in [-0.15, -0.1) is 0 Å². The third-order valence-electron chi connectivity index (χ3n) is 4.99. The van der Waals surface area contributed by atoms with Crippen molar-refractivity contribution < 1.29 is 21.6 Å². The molecule has 0 aliphatic carbocycles. The molecule has 1 heterocycles. The van der Waals surface area contributed by atoms with E-state index in [0.717, 1.165) is 0 Å². The van der Waals surface area contributed by atoms with E-state index in [1.807, 2.05) is 4.90 Å². The minimum absolute atomic E-state index is 0.0850. The molecule has 1 aliphatic heterocycles. The van der Waals surface area contributed by atoms with Crippen LogP contribution in [0.1, 0.15) is 20.8 Å². The molecule has 1 fully saturated rings. The van der Waals surface area contributed by atoms with Gasteiger partial charge in [0.1, 0.15) is 0 Å². The van der Waals surface area contributed by atoms with Crippen LogP contribution in [0.2, 0.25) is 0 Å². The second-order valence-electron chi connectivity index (χ2n) is 6.77. The van der Waals surface area contributed by atoms with Crippen molar-refractivity contribution in [3.8, 4) is 0 Å². The minimum Gasteiger partial charge on any atom is -0.325 e. The van der Waals surface area contributed by atoms with Crippen molar-refractivity contribution in [1.29, 1.82) is 0 Å². The molecule has 1 amide bonds. The minimum atomic E-state index is -3.86. The van der Waals surface area contributed by atoms with Gasteiger partial charge in [-0.25, -0.2) is 13.6 Å². The summed E-state index contributed by atoms with van der Waals surface area (Å²) in [5, 5.41) is 7.81.